The van der Waals surface area contributed by atoms with Crippen molar-refractivity contribution in [2.45, 2.75) is 25.7 Å². The molecule has 2 rings (SSSR count). The predicted molar refractivity (Wildman–Crippen MR) is 75.3 cm³/mol. The third kappa shape index (κ3) is 4.13. The highest BCUT2D eigenvalue weighted by molar-refractivity contribution is 5.68. The van der Waals surface area contributed by atoms with Gasteiger partial charge in [0.1, 0.15) is 6.04 Å². The number of hydrogen-bond acceptors (Lipinski definition) is 3. The lowest BCUT2D eigenvalue weighted by Gasteiger charge is -2.41. The van der Waals surface area contributed by atoms with Crippen LogP contribution in [0.2, 0.25) is 0 Å². The molecule has 1 heterocycles. The van der Waals surface area contributed by atoms with Crippen LogP contribution in [0.15, 0.2) is 30.3 Å². The third-order valence-electron chi connectivity index (χ3n) is 3.59. The van der Waals surface area contributed by atoms with E-state index in [1.54, 1.807) is 11.8 Å². The maximum Gasteiger partial charge on any atom is 0.410 e. The normalized spacial score (nSPS) is 20.0. The number of halogens is 3. The SMILES string of the molecule is CCOC(=O)N1CCN(Cc2ccccc2)CC1C(F)(F)F. The van der Waals surface area contributed by atoms with Crippen molar-refractivity contribution in [2.75, 3.05) is 26.2 Å². The fraction of sp³-hybridized carbons (Fsp3) is 0.533. The number of ether oxygens (including phenoxy) is 1. The second kappa shape index (κ2) is 7.00. The van der Waals surface area contributed by atoms with Crippen molar-refractivity contribution in [1.82, 2.24) is 9.80 Å². The second-order valence-corrected chi connectivity index (χ2v) is 5.17. The van der Waals surface area contributed by atoms with E-state index < -0.39 is 18.3 Å². The Labute approximate surface area is 127 Å². The summed E-state index contributed by atoms with van der Waals surface area (Å²) in [5.41, 5.74) is 0.952. The van der Waals surface area contributed by atoms with E-state index in [9.17, 15) is 18.0 Å². The highest BCUT2D eigenvalue weighted by Crippen LogP contribution is 2.29. The van der Waals surface area contributed by atoms with Gasteiger partial charge in [-0.25, -0.2) is 4.79 Å². The minimum Gasteiger partial charge on any atom is -0.450 e. The van der Waals surface area contributed by atoms with Gasteiger partial charge >= 0.3 is 12.3 Å². The summed E-state index contributed by atoms with van der Waals surface area (Å²) in [4.78, 5) is 14.2. The molecule has 1 saturated heterocycles. The number of rotatable bonds is 3. The molecule has 1 aliphatic heterocycles. The van der Waals surface area contributed by atoms with Crippen LogP contribution in [-0.4, -0.2) is 54.4 Å². The number of alkyl halides is 3. The molecule has 0 radical (unpaired) electrons. The van der Waals surface area contributed by atoms with E-state index in [2.05, 4.69) is 0 Å². The highest BCUT2D eigenvalue weighted by atomic mass is 19.4. The molecule has 0 aromatic heterocycles. The molecular formula is C15H19F3N2O2. The van der Waals surface area contributed by atoms with Crippen LogP contribution in [-0.2, 0) is 11.3 Å². The largest absolute Gasteiger partial charge is 0.450 e. The predicted octanol–water partition coefficient (Wildman–Crippen LogP) is 2.89. The Morgan fingerprint density at radius 1 is 1.27 bits per heavy atom. The number of piperazine rings is 1. The van der Waals surface area contributed by atoms with Crippen molar-refractivity contribution in [1.29, 1.82) is 0 Å². The number of benzene rings is 1. The van der Waals surface area contributed by atoms with Crippen LogP contribution in [0.5, 0.6) is 0 Å². The van der Waals surface area contributed by atoms with Gasteiger partial charge in [-0.15, -0.1) is 0 Å². The molecule has 4 nitrogen and oxygen atoms in total. The molecule has 22 heavy (non-hydrogen) atoms. The number of amides is 1. The molecule has 0 bridgehead atoms. The fourth-order valence-corrected chi connectivity index (χ4v) is 2.53. The van der Waals surface area contributed by atoms with Crippen molar-refractivity contribution >= 4 is 6.09 Å². The van der Waals surface area contributed by atoms with Gasteiger partial charge in [0.25, 0.3) is 0 Å². The topological polar surface area (TPSA) is 32.8 Å². The number of carbonyl (C=O) groups is 1. The van der Waals surface area contributed by atoms with Crippen molar-refractivity contribution < 1.29 is 22.7 Å². The van der Waals surface area contributed by atoms with Crippen LogP contribution in [0.1, 0.15) is 12.5 Å². The van der Waals surface area contributed by atoms with Crippen LogP contribution in [0.25, 0.3) is 0 Å². The lowest BCUT2D eigenvalue weighted by molar-refractivity contribution is -0.191. The molecule has 0 saturated carbocycles. The zero-order valence-electron chi connectivity index (χ0n) is 12.3. The summed E-state index contributed by atoms with van der Waals surface area (Å²) in [5, 5.41) is 0. The second-order valence-electron chi connectivity index (χ2n) is 5.17. The molecule has 1 unspecified atom stereocenters. The Morgan fingerprint density at radius 2 is 1.95 bits per heavy atom. The average Bonchev–Trinajstić information content (AvgIpc) is 2.47. The van der Waals surface area contributed by atoms with E-state index in [1.807, 2.05) is 30.3 Å². The fourth-order valence-electron chi connectivity index (χ4n) is 2.53. The van der Waals surface area contributed by atoms with Crippen molar-refractivity contribution in [3.8, 4) is 0 Å². The summed E-state index contributed by atoms with van der Waals surface area (Å²) >= 11 is 0. The molecule has 1 fully saturated rings. The summed E-state index contributed by atoms with van der Waals surface area (Å²) in [6.07, 6.45) is -5.37. The first-order valence-corrected chi connectivity index (χ1v) is 7.18. The summed E-state index contributed by atoms with van der Waals surface area (Å²) in [5.74, 6) is 0. The van der Waals surface area contributed by atoms with E-state index in [0.717, 1.165) is 10.5 Å². The third-order valence-corrected chi connectivity index (χ3v) is 3.59. The van der Waals surface area contributed by atoms with Gasteiger partial charge in [0.15, 0.2) is 0 Å². The first-order chi connectivity index (χ1) is 10.4. The lowest BCUT2D eigenvalue weighted by Crippen LogP contribution is -2.60. The lowest BCUT2D eigenvalue weighted by atomic mass is 10.1. The van der Waals surface area contributed by atoms with Gasteiger partial charge in [0.2, 0.25) is 0 Å². The summed E-state index contributed by atoms with van der Waals surface area (Å²) < 4.78 is 44.4. The molecule has 1 atom stereocenters. The van der Waals surface area contributed by atoms with E-state index in [4.69, 9.17) is 4.74 Å². The van der Waals surface area contributed by atoms with Crippen LogP contribution in [0.4, 0.5) is 18.0 Å². The number of carbonyl (C=O) groups excluding carboxylic acids is 1. The van der Waals surface area contributed by atoms with Gasteiger partial charge in [-0.05, 0) is 12.5 Å². The first-order valence-electron chi connectivity index (χ1n) is 7.18. The van der Waals surface area contributed by atoms with Crippen molar-refractivity contribution in [3.63, 3.8) is 0 Å². The van der Waals surface area contributed by atoms with Gasteiger partial charge in [-0.2, -0.15) is 13.2 Å². The van der Waals surface area contributed by atoms with Crippen LogP contribution in [0, 0.1) is 0 Å². The standard InChI is InChI=1S/C15H19F3N2O2/c1-2-22-14(21)20-9-8-19(11-13(20)15(16,17)18)10-12-6-4-3-5-7-12/h3-7,13H,2,8-11H2,1H3. The zero-order chi connectivity index (χ0) is 16.2. The molecule has 7 heteroatoms. The minimum absolute atomic E-state index is 0.00977. The molecule has 0 aliphatic carbocycles. The Morgan fingerprint density at radius 3 is 2.55 bits per heavy atom. The molecule has 122 valence electrons. The number of hydrogen-bond donors (Lipinski definition) is 0. The van der Waals surface area contributed by atoms with E-state index in [-0.39, 0.29) is 19.7 Å². The molecule has 1 aromatic rings. The quantitative estimate of drug-likeness (QED) is 0.859. The van der Waals surface area contributed by atoms with Gasteiger partial charge in [-0.3, -0.25) is 9.80 Å². The zero-order valence-corrected chi connectivity index (χ0v) is 12.3. The Balaban J connectivity index is 2.07. The summed E-state index contributed by atoms with van der Waals surface area (Å²) in [6, 6.07) is 7.49. The summed E-state index contributed by atoms with van der Waals surface area (Å²) in [7, 11) is 0. The molecular weight excluding hydrogens is 297 g/mol. The average molecular weight is 316 g/mol. The Kier molecular flexibility index (Phi) is 5.28. The van der Waals surface area contributed by atoms with Gasteiger partial charge in [0.05, 0.1) is 6.61 Å². The maximum atomic E-state index is 13.2. The molecule has 0 N–H and O–H groups in total. The summed E-state index contributed by atoms with van der Waals surface area (Å²) in [6.45, 7) is 2.23. The molecule has 1 aromatic carbocycles. The van der Waals surface area contributed by atoms with E-state index in [0.29, 0.717) is 13.1 Å². The van der Waals surface area contributed by atoms with Crippen LogP contribution >= 0.6 is 0 Å². The molecule has 0 spiro atoms. The van der Waals surface area contributed by atoms with Gasteiger partial charge in [-0.1, -0.05) is 30.3 Å². The highest BCUT2D eigenvalue weighted by Gasteiger charge is 2.48. The molecule has 1 aliphatic rings. The van der Waals surface area contributed by atoms with E-state index >= 15 is 0 Å². The van der Waals surface area contributed by atoms with Crippen molar-refractivity contribution in [2.24, 2.45) is 0 Å². The van der Waals surface area contributed by atoms with Gasteiger partial charge in [0, 0.05) is 26.2 Å². The minimum atomic E-state index is -4.47. The monoisotopic (exact) mass is 316 g/mol. The Hall–Kier alpha value is -1.76. The first kappa shape index (κ1) is 16.6. The van der Waals surface area contributed by atoms with E-state index in [1.165, 1.54) is 0 Å². The maximum absolute atomic E-state index is 13.2. The van der Waals surface area contributed by atoms with Gasteiger partial charge < -0.3 is 4.74 Å². The molecule has 1 amide bonds. The Bertz CT molecular complexity index is 493. The number of nitrogens with zero attached hydrogens (tertiary/aromatic N) is 2. The smallest absolute Gasteiger partial charge is 0.410 e. The van der Waals surface area contributed by atoms with Crippen LogP contribution < -0.4 is 0 Å². The van der Waals surface area contributed by atoms with Crippen LogP contribution in [0.3, 0.4) is 0 Å². The van der Waals surface area contributed by atoms with Crippen molar-refractivity contribution in [3.05, 3.63) is 35.9 Å².